The number of carbonyl (C=O) groups is 3. The van der Waals surface area contributed by atoms with E-state index in [9.17, 15) is 14.4 Å². The average Bonchev–Trinajstić information content (AvgIpc) is 2.16. The molecular formula is C10H18N2O4. The number of carboxylic acid groups (broad SMARTS) is 1. The maximum atomic E-state index is 11.3. The number of amides is 2. The van der Waals surface area contributed by atoms with Gasteiger partial charge in [-0.05, 0) is 0 Å². The van der Waals surface area contributed by atoms with Gasteiger partial charge in [0, 0.05) is 19.8 Å². The molecule has 0 aromatic rings. The minimum atomic E-state index is -1.69. The van der Waals surface area contributed by atoms with Crippen LogP contribution in [0.25, 0.3) is 0 Å². The number of hydrogen-bond donors (Lipinski definition) is 3. The first-order valence-corrected chi connectivity index (χ1v) is 5.21. The van der Waals surface area contributed by atoms with Crippen molar-refractivity contribution in [3.63, 3.8) is 0 Å². The molecule has 6 heteroatoms. The Kier molecular flexibility index (Phi) is 5.49. The van der Waals surface area contributed by atoms with Gasteiger partial charge < -0.3 is 15.7 Å². The van der Waals surface area contributed by atoms with Gasteiger partial charge in [0.1, 0.15) is 0 Å². The van der Waals surface area contributed by atoms with Gasteiger partial charge in [-0.3, -0.25) is 9.59 Å². The van der Waals surface area contributed by atoms with Crippen LogP contribution in [-0.2, 0) is 14.4 Å². The molecule has 0 saturated heterocycles. The molecule has 0 aliphatic rings. The van der Waals surface area contributed by atoms with E-state index in [1.807, 2.05) is 0 Å². The summed E-state index contributed by atoms with van der Waals surface area (Å²) in [6, 6.07) is 0. The monoisotopic (exact) mass is 230 g/mol. The number of carboxylic acids is 1. The molecule has 0 bridgehead atoms. The normalized spacial score (nSPS) is 13.7. The van der Waals surface area contributed by atoms with Crippen LogP contribution in [-0.4, -0.2) is 28.6 Å². The summed E-state index contributed by atoms with van der Waals surface area (Å²) in [6.07, 6.45) is 0.836. The van der Waals surface area contributed by atoms with Crippen LogP contribution in [0.1, 0.15) is 40.0 Å². The van der Waals surface area contributed by atoms with Crippen LogP contribution in [0.15, 0.2) is 0 Å². The van der Waals surface area contributed by atoms with Crippen molar-refractivity contribution in [3.05, 3.63) is 0 Å². The third-order valence-electron chi connectivity index (χ3n) is 2.05. The van der Waals surface area contributed by atoms with Crippen LogP contribution < -0.4 is 10.6 Å². The van der Waals surface area contributed by atoms with E-state index >= 15 is 0 Å². The topological polar surface area (TPSA) is 95.5 Å². The van der Waals surface area contributed by atoms with Gasteiger partial charge in [-0.2, -0.15) is 0 Å². The van der Waals surface area contributed by atoms with E-state index in [4.69, 9.17) is 5.11 Å². The Bertz CT molecular complexity index is 291. The average molecular weight is 230 g/mol. The van der Waals surface area contributed by atoms with Crippen molar-refractivity contribution < 1.29 is 19.5 Å². The highest BCUT2D eigenvalue weighted by molar-refractivity contribution is 5.90. The highest BCUT2D eigenvalue weighted by atomic mass is 16.4. The first-order chi connectivity index (χ1) is 7.38. The van der Waals surface area contributed by atoms with E-state index in [0.717, 1.165) is 0 Å². The molecule has 92 valence electrons. The van der Waals surface area contributed by atoms with E-state index in [0.29, 0.717) is 6.42 Å². The molecule has 0 spiro atoms. The molecule has 0 fully saturated rings. The van der Waals surface area contributed by atoms with Crippen LogP contribution in [0.5, 0.6) is 0 Å². The van der Waals surface area contributed by atoms with E-state index < -0.39 is 23.4 Å². The third-order valence-corrected chi connectivity index (χ3v) is 2.05. The lowest BCUT2D eigenvalue weighted by Crippen LogP contribution is -2.65. The van der Waals surface area contributed by atoms with Gasteiger partial charge in [0.15, 0.2) is 0 Å². The lowest BCUT2D eigenvalue weighted by Gasteiger charge is -2.30. The predicted octanol–water partition coefficient (Wildman–Crippen LogP) is 0.230. The Morgan fingerprint density at radius 1 is 1.19 bits per heavy atom. The molecule has 0 aromatic carbocycles. The van der Waals surface area contributed by atoms with E-state index in [1.165, 1.54) is 6.92 Å². The fraction of sp³-hybridized carbons (Fsp3) is 0.700. The second kappa shape index (κ2) is 6.09. The maximum Gasteiger partial charge on any atom is 0.350 e. The summed E-state index contributed by atoms with van der Waals surface area (Å²) in [5.74, 6) is -2.16. The van der Waals surface area contributed by atoms with Gasteiger partial charge in [-0.25, -0.2) is 4.79 Å². The highest BCUT2D eigenvalue weighted by Crippen LogP contribution is 2.10. The zero-order valence-corrected chi connectivity index (χ0v) is 9.79. The van der Waals surface area contributed by atoms with Crippen LogP contribution in [0.2, 0.25) is 0 Å². The van der Waals surface area contributed by atoms with Crippen molar-refractivity contribution in [2.24, 2.45) is 0 Å². The fourth-order valence-electron chi connectivity index (χ4n) is 1.37. The summed E-state index contributed by atoms with van der Waals surface area (Å²) in [5, 5.41) is 13.7. The minimum absolute atomic E-state index is 0.146. The van der Waals surface area contributed by atoms with Crippen LogP contribution in [0.3, 0.4) is 0 Å². The maximum absolute atomic E-state index is 11.3. The first-order valence-electron chi connectivity index (χ1n) is 5.21. The smallest absolute Gasteiger partial charge is 0.350 e. The second-order valence-electron chi connectivity index (χ2n) is 3.54. The van der Waals surface area contributed by atoms with Gasteiger partial charge >= 0.3 is 5.97 Å². The third kappa shape index (κ3) is 3.88. The molecule has 6 nitrogen and oxygen atoms in total. The van der Waals surface area contributed by atoms with E-state index in [1.54, 1.807) is 13.8 Å². The van der Waals surface area contributed by atoms with Gasteiger partial charge in [0.05, 0.1) is 0 Å². The molecule has 0 heterocycles. The Hall–Kier alpha value is -1.59. The number of rotatable bonds is 6. The van der Waals surface area contributed by atoms with Crippen molar-refractivity contribution in [2.45, 2.75) is 45.7 Å². The largest absolute Gasteiger partial charge is 0.478 e. The lowest BCUT2D eigenvalue weighted by atomic mass is 10.0. The molecule has 0 aliphatic heterocycles. The van der Waals surface area contributed by atoms with Gasteiger partial charge in [-0.1, -0.05) is 20.3 Å². The zero-order valence-electron chi connectivity index (χ0n) is 9.79. The van der Waals surface area contributed by atoms with Gasteiger partial charge in [-0.15, -0.1) is 0 Å². The molecule has 3 N–H and O–H groups in total. The molecule has 16 heavy (non-hydrogen) atoms. The van der Waals surface area contributed by atoms with Crippen molar-refractivity contribution in [3.8, 4) is 0 Å². The molecule has 0 aliphatic carbocycles. The van der Waals surface area contributed by atoms with Crippen molar-refractivity contribution in [2.75, 3.05) is 0 Å². The summed E-state index contributed by atoms with van der Waals surface area (Å²) in [5.41, 5.74) is -1.69. The SMILES string of the molecule is CCCC(NC(C)=O)(NC(=O)CC)C(=O)O. The number of nitrogens with one attached hydrogen (secondary N) is 2. The Morgan fingerprint density at radius 3 is 2.06 bits per heavy atom. The summed E-state index contributed by atoms with van der Waals surface area (Å²) >= 11 is 0. The molecular weight excluding hydrogens is 212 g/mol. The van der Waals surface area contributed by atoms with E-state index in [2.05, 4.69) is 10.6 Å². The van der Waals surface area contributed by atoms with Gasteiger partial charge in [0.2, 0.25) is 17.5 Å². The van der Waals surface area contributed by atoms with Crippen LogP contribution in [0.4, 0.5) is 0 Å². The number of carbonyl (C=O) groups excluding carboxylic acids is 2. The second-order valence-corrected chi connectivity index (χ2v) is 3.54. The molecule has 2 amide bonds. The van der Waals surface area contributed by atoms with Crippen molar-refractivity contribution in [1.29, 1.82) is 0 Å². The Morgan fingerprint density at radius 2 is 1.75 bits per heavy atom. The number of aliphatic carboxylic acids is 1. The standard InChI is InChI=1S/C10H18N2O4/c1-4-6-10(9(15)16,11-7(3)13)12-8(14)5-2/h4-6H2,1-3H3,(H,11,13)(H,12,14)(H,15,16). The van der Waals surface area contributed by atoms with Crippen LogP contribution in [0, 0.1) is 0 Å². The molecule has 0 rings (SSSR count). The van der Waals surface area contributed by atoms with Crippen molar-refractivity contribution in [1.82, 2.24) is 10.6 Å². The minimum Gasteiger partial charge on any atom is -0.478 e. The van der Waals surface area contributed by atoms with Crippen LogP contribution >= 0.6 is 0 Å². The molecule has 0 radical (unpaired) electrons. The Balaban J connectivity index is 4.99. The summed E-state index contributed by atoms with van der Waals surface area (Å²) in [4.78, 5) is 33.4. The highest BCUT2D eigenvalue weighted by Gasteiger charge is 2.39. The summed E-state index contributed by atoms with van der Waals surface area (Å²) in [7, 11) is 0. The summed E-state index contributed by atoms with van der Waals surface area (Å²) < 4.78 is 0. The Labute approximate surface area is 94.4 Å². The predicted molar refractivity (Wildman–Crippen MR) is 57.5 cm³/mol. The van der Waals surface area contributed by atoms with Crippen molar-refractivity contribution >= 4 is 17.8 Å². The fourth-order valence-corrected chi connectivity index (χ4v) is 1.37. The molecule has 1 unspecified atom stereocenters. The quantitative estimate of drug-likeness (QED) is 0.569. The lowest BCUT2D eigenvalue weighted by molar-refractivity contribution is -0.152. The number of hydrogen-bond acceptors (Lipinski definition) is 3. The molecule has 1 atom stereocenters. The molecule has 0 saturated carbocycles. The van der Waals surface area contributed by atoms with E-state index in [-0.39, 0.29) is 12.8 Å². The molecule has 0 aromatic heterocycles. The van der Waals surface area contributed by atoms with Gasteiger partial charge in [0.25, 0.3) is 0 Å². The first kappa shape index (κ1) is 14.4. The summed E-state index contributed by atoms with van der Waals surface area (Å²) in [6.45, 7) is 4.60. The zero-order chi connectivity index (χ0) is 12.8.